The van der Waals surface area contributed by atoms with Crippen LogP contribution in [-0.2, 0) is 5.41 Å². The number of hydrogen-bond donors (Lipinski definition) is 3. The van der Waals surface area contributed by atoms with Gasteiger partial charge >= 0.3 is 0 Å². The number of nitrogens with zero attached hydrogens (tertiary/aromatic N) is 2. The van der Waals surface area contributed by atoms with Crippen LogP contribution in [0.2, 0.25) is 5.02 Å². The largest absolute Gasteiger partial charge is 0.398 e. The van der Waals surface area contributed by atoms with Crippen molar-refractivity contribution in [3.8, 4) is 11.1 Å². The Labute approximate surface area is 174 Å². The second-order valence-corrected chi connectivity index (χ2v) is 8.66. The highest BCUT2D eigenvalue weighted by Crippen LogP contribution is 2.53. The number of amides is 1. The lowest BCUT2D eigenvalue weighted by Crippen LogP contribution is -2.26. The minimum atomic E-state index is -0.682. The first kappa shape index (κ1) is 19.9. The van der Waals surface area contributed by atoms with E-state index >= 15 is 4.39 Å². The number of rotatable bonds is 3. The van der Waals surface area contributed by atoms with Crippen LogP contribution in [0.5, 0.6) is 0 Å². The highest BCUT2D eigenvalue weighted by Gasteiger charge is 2.47. The van der Waals surface area contributed by atoms with Crippen LogP contribution in [0.15, 0.2) is 18.3 Å². The zero-order valence-corrected chi connectivity index (χ0v) is 17.3. The molecule has 5 N–H and O–H groups in total. The SMILES string of the molecule is CN(C)C(=O)c1c(N)ccc(-c2cnc3c(c2Cl)C2(CCC(CN)C2)CN3)c1F. The van der Waals surface area contributed by atoms with Crippen LogP contribution in [-0.4, -0.2) is 43.0 Å². The van der Waals surface area contributed by atoms with E-state index in [-0.39, 0.29) is 22.2 Å². The molecule has 1 saturated carbocycles. The van der Waals surface area contributed by atoms with Crippen LogP contribution in [0.1, 0.15) is 35.2 Å². The Morgan fingerprint density at radius 3 is 2.83 bits per heavy atom. The molecule has 154 valence electrons. The monoisotopic (exact) mass is 417 g/mol. The Hall–Kier alpha value is -2.38. The van der Waals surface area contributed by atoms with Crippen LogP contribution in [0.4, 0.5) is 15.9 Å². The number of carbonyl (C=O) groups is 1. The fourth-order valence-electron chi connectivity index (χ4n) is 4.70. The van der Waals surface area contributed by atoms with Crippen LogP contribution < -0.4 is 16.8 Å². The van der Waals surface area contributed by atoms with Crippen molar-refractivity contribution in [2.45, 2.75) is 24.7 Å². The van der Waals surface area contributed by atoms with Gasteiger partial charge in [-0.2, -0.15) is 0 Å². The van der Waals surface area contributed by atoms with E-state index in [0.717, 1.165) is 37.2 Å². The molecule has 6 nitrogen and oxygen atoms in total. The summed E-state index contributed by atoms with van der Waals surface area (Å²) in [4.78, 5) is 18.3. The number of hydrogen-bond acceptors (Lipinski definition) is 5. The molecule has 1 aliphatic heterocycles. The Balaban J connectivity index is 1.85. The predicted molar refractivity (Wildman–Crippen MR) is 114 cm³/mol. The molecule has 1 fully saturated rings. The van der Waals surface area contributed by atoms with Crippen molar-refractivity contribution < 1.29 is 9.18 Å². The molecule has 1 amide bonds. The number of nitrogens with one attached hydrogen (secondary N) is 1. The van der Waals surface area contributed by atoms with Gasteiger partial charge in [0.15, 0.2) is 0 Å². The summed E-state index contributed by atoms with van der Waals surface area (Å²) in [5.74, 6) is 0.0161. The van der Waals surface area contributed by atoms with E-state index in [0.29, 0.717) is 23.0 Å². The summed E-state index contributed by atoms with van der Waals surface area (Å²) < 4.78 is 15.4. The zero-order valence-electron chi connectivity index (χ0n) is 16.6. The molecule has 1 aromatic carbocycles. The molecule has 2 heterocycles. The van der Waals surface area contributed by atoms with E-state index in [1.54, 1.807) is 26.4 Å². The van der Waals surface area contributed by atoms with Crippen molar-refractivity contribution in [3.05, 3.63) is 40.3 Å². The molecule has 1 aliphatic carbocycles. The number of nitrogens with two attached hydrogens (primary N) is 2. The molecule has 0 bridgehead atoms. The second kappa shape index (κ2) is 7.15. The normalized spacial score (nSPS) is 22.6. The lowest BCUT2D eigenvalue weighted by atomic mass is 9.79. The topological polar surface area (TPSA) is 97.3 Å². The molecular weight excluding hydrogens is 393 g/mol. The van der Waals surface area contributed by atoms with Gasteiger partial charge in [0.25, 0.3) is 5.91 Å². The van der Waals surface area contributed by atoms with Gasteiger partial charge in [-0.25, -0.2) is 9.37 Å². The van der Waals surface area contributed by atoms with Gasteiger partial charge in [-0.3, -0.25) is 4.79 Å². The molecule has 0 saturated heterocycles. The van der Waals surface area contributed by atoms with E-state index in [9.17, 15) is 4.79 Å². The van der Waals surface area contributed by atoms with Crippen molar-refractivity contribution in [3.63, 3.8) is 0 Å². The summed E-state index contributed by atoms with van der Waals surface area (Å²) in [5.41, 5.74) is 13.2. The smallest absolute Gasteiger partial charge is 0.258 e. The zero-order chi connectivity index (χ0) is 20.9. The second-order valence-electron chi connectivity index (χ2n) is 8.28. The third kappa shape index (κ3) is 3.04. The van der Waals surface area contributed by atoms with Crippen LogP contribution >= 0.6 is 11.6 Å². The number of nitrogen functional groups attached to an aromatic ring is 1. The maximum Gasteiger partial charge on any atom is 0.258 e. The lowest BCUT2D eigenvalue weighted by molar-refractivity contribution is 0.0824. The molecule has 4 rings (SSSR count). The third-order valence-corrected chi connectivity index (χ3v) is 6.66. The molecule has 2 unspecified atom stereocenters. The van der Waals surface area contributed by atoms with Crippen molar-refractivity contribution >= 4 is 29.0 Å². The quantitative estimate of drug-likeness (QED) is 0.666. The van der Waals surface area contributed by atoms with Crippen LogP contribution in [0.25, 0.3) is 11.1 Å². The minimum Gasteiger partial charge on any atom is -0.398 e. The first-order chi connectivity index (χ1) is 13.8. The fourth-order valence-corrected chi connectivity index (χ4v) is 5.14. The average molecular weight is 418 g/mol. The highest BCUT2D eigenvalue weighted by molar-refractivity contribution is 6.34. The molecule has 1 aromatic heterocycles. The Bertz CT molecular complexity index is 996. The first-order valence-electron chi connectivity index (χ1n) is 9.72. The van der Waals surface area contributed by atoms with Gasteiger partial charge < -0.3 is 21.7 Å². The van der Waals surface area contributed by atoms with Gasteiger partial charge in [0.2, 0.25) is 0 Å². The molecular formula is C21H25ClFN5O. The van der Waals surface area contributed by atoms with Gasteiger partial charge in [0.05, 0.1) is 10.6 Å². The fraction of sp³-hybridized carbons (Fsp3) is 0.429. The third-order valence-electron chi connectivity index (χ3n) is 6.27. The summed E-state index contributed by atoms with van der Waals surface area (Å²) in [7, 11) is 3.11. The molecule has 2 atom stereocenters. The Morgan fingerprint density at radius 1 is 1.41 bits per heavy atom. The van der Waals surface area contributed by atoms with E-state index in [1.807, 2.05) is 0 Å². The summed E-state index contributed by atoms with van der Waals surface area (Å²) in [6.07, 6.45) is 4.49. The minimum absolute atomic E-state index is 0.0925. The van der Waals surface area contributed by atoms with Gasteiger partial charge in [-0.05, 0) is 43.9 Å². The van der Waals surface area contributed by atoms with Gasteiger partial charge in [-0.1, -0.05) is 11.6 Å². The molecule has 29 heavy (non-hydrogen) atoms. The number of anilines is 2. The molecule has 1 spiro atoms. The molecule has 2 aromatic rings. The number of aromatic nitrogens is 1. The number of carbonyl (C=O) groups excluding carboxylic acids is 1. The highest BCUT2D eigenvalue weighted by atomic mass is 35.5. The van der Waals surface area contributed by atoms with E-state index in [1.165, 1.54) is 11.0 Å². The van der Waals surface area contributed by atoms with Crippen molar-refractivity contribution in [1.82, 2.24) is 9.88 Å². The maximum atomic E-state index is 15.4. The molecule has 8 heteroatoms. The van der Waals surface area contributed by atoms with Gasteiger partial charge in [0.1, 0.15) is 11.6 Å². The molecule has 2 aliphatic rings. The lowest BCUT2D eigenvalue weighted by Gasteiger charge is -2.25. The maximum absolute atomic E-state index is 15.4. The Kier molecular flexibility index (Phi) is 4.91. The summed E-state index contributed by atoms with van der Waals surface area (Å²) in [6, 6.07) is 3.09. The Morgan fingerprint density at radius 2 is 2.17 bits per heavy atom. The standard InChI is InChI=1S/C21H25ClFN5O/c1-28(2)20(29)15-14(25)4-3-12(18(15)23)13-9-26-19-16(17(13)22)21(10-27-19)6-5-11(7-21)8-24/h3-4,9,11H,5-8,10,24-25H2,1-2H3,(H,26,27). The van der Waals surface area contributed by atoms with Crippen molar-refractivity contribution in [2.24, 2.45) is 11.7 Å². The van der Waals surface area contributed by atoms with Crippen molar-refractivity contribution in [1.29, 1.82) is 0 Å². The van der Waals surface area contributed by atoms with Gasteiger partial charge in [-0.15, -0.1) is 0 Å². The van der Waals surface area contributed by atoms with Crippen LogP contribution in [0.3, 0.4) is 0 Å². The molecule has 0 radical (unpaired) electrons. The van der Waals surface area contributed by atoms with E-state index < -0.39 is 11.7 Å². The number of benzene rings is 1. The summed E-state index contributed by atoms with van der Waals surface area (Å²) in [5, 5.41) is 3.83. The first-order valence-corrected chi connectivity index (χ1v) is 10.1. The van der Waals surface area contributed by atoms with Crippen molar-refractivity contribution in [2.75, 3.05) is 38.2 Å². The van der Waals surface area contributed by atoms with Gasteiger partial charge in [0, 0.05) is 54.6 Å². The van der Waals surface area contributed by atoms with E-state index in [2.05, 4.69) is 10.3 Å². The van der Waals surface area contributed by atoms with E-state index in [4.69, 9.17) is 23.1 Å². The summed E-state index contributed by atoms with van der Waals surface area (Å²) >= 11 is 6.85. The average Bonchev–Trinajstić information content (AvgIpc) is 3.27. The number of pyridine rings is 1. The van der Waals surface area contributed by atoms with Crippen LogP contribution in [0, 0.1) is 11.7 Å². The summed E-state index contributed by atoms with van der Waals surface area (Å²) in [6.45, 7) is 1.40. The number of halogens is 2. The predicted octanol–water partition coefficient (Wildman–Crippen LogP) is 3.25. The number of fused-ring (bicyclic) bond motifs is 2.